The SMILES string of the molecule is CN(C)Cc1csc2cccc(C(=O)O)c12. The van der Waals surface area contributed by atoms with Gasteiger partial charge in [0.15, 0.2) is 0 Å². The van der Waals surface area contributed by atoms with Crippen LogP contribution in [0, 0.1) is 0 Å². The Bertz CT molecular complexity index is 531. The normalized spacial score (nSPS) is 11.2. The van der Waals surface area contributed by atoms with Gasteiger partial charge < -0.3 is 10.0 Å². The van der Waals surface area contributed by atoms with E-state index in [4.69, 9.17) is 5.11 Å². The Labute approximate surface area is 97.9 Å². The summed E-state index contributed by atoms with van der Waals surface area (Å²) in [5, 5.41) is 12.1. The van der Waals surface area contributed by atoms with E-state index in [1.807, 2.05) is 30.4 Å². The van der Waals surface area contributed by atoms with Crippen LogP contribution in [0.3, 0.4) is 0 Å². The Kier molecular flexibility index (Phi) is 2.94. The first-order valence-electron chi connectivity index (χ1n) is 4.96. The standard InChI is InChI=1S/C12H13NO2S/c1-13(2)6-8-7-16-10-5-3-4-9(11(8)10)12(14)15/h3-5,7H,6H2,1-2H3,(H,14,15). The molecule has 1 N–H and O–H groups in total. The highest BCUT2D eigenvalue weighted by Gasteiger charge is 2.13. The Balaban J connectivity index is 2.63. The smallest absolute Gasteiger partial charge is 0.336 e. The number of rotatable bonds is 3. The monoisotopic (exact) mass is 235 g/mol. The van der Waals surface area contributed by atoms with Crippen LogP contribution >= 0.6 is 11.3 Å². The number of hydrogen-bond donors (Lipinski definition) is 1. The van der Waals surface area contributed by atoms with Gasteiger partial charge in [-0.1, -0.05) is 6.07 Å². The number of carboxylic acid groups (broad SMARTS) is 1. The lowest BCUT2D eigenvalue weighted by Crippen LogP contribution is -2.10. The van der Waals surface area contributed by atoms with Crippen LogP contribution in [0.1, 0.15) is 15.9 Å². The number of hydrogen-bond acceptors (Lipinski definition) is 3. The number of carboxylic acids is 1. The summed E-state index contributed by atoms with van der Waals surface area (Å²) in [5.74, 6) is -0.857. The van der Waals surface area contributed by atoms with Crippen LogP contribution in [-0.2, 0) is 6.54 Å². The number of carbonyl (C=O) groups is 1. The predicted octanol–water partition coefficient (Wildman–Crippen LogP) is 2.66. The van der Waals surface area contributed by atoms with Crippen LogP contribution in [0.4, 0.5) is 0 Å². The lowest BCUT2D eigenvalue weighted by atomic mass is 10.1. The average molecular weight is 235 g/mol. The van der Waals surface area contributed by atoms with Gasteiger partial charge in [0.05, 0.1) is 5.56 Å². The van der Waals surface area contributed by atoms with Crippen molar-refractivity contribution in [1.29, 1.82) is 0 Å². The van der Waals surface area contributed by atoms with Gasteiger partial charge in [-0.25, -0.2) is 4.79 Å². The Hall–Kier alpha value is -1.39. The van der Waals surface area contributed by atoms with E-state index in [0.717, 1.165) is 22.2 Å². The van der Waals surface area contributed by atoms with E-state index < -0.39 is 5.97 Å². The first-order valence-corrected chi connectivity index (χ1v) is 5.84. The van der Waals surface area contributed by atoms with Gasteiger partial charge in [-0.15, -0.1) is 11.3 Å². The van der Waals surface area contributed by atoms with Gasteiger partial charge in [-0.2, -0.15) is 0 Å². The summed E-state index contributed by atoms with van der Waals surface area (Å²) < 4.78 is 1.04. The van der Waals surface area contributed by atoms with Crippen molar-refractivity contribution in [2.24, 2.45) is 0 Å². The number of aromatic carboxylic acids is 1. The van der Waals surface area contributed by atoms with Crippen molar-refractivity contribution in [3.05, 3.63) is 34.7 Å². The molecule has 0 saturated carbocycles. The number of nitrogens with zero attached hydrogens (tertiary/aromatic N) is 1. The predicted molar refractivity (Wildman–Crippen MR) is 66.2 cm³/mol. The third kappa shape index (κ3) is 1.94. The maximum atomic E-state index is 11.1. The van der Waals surface area contributed by atoms with Crippen LogP contribution in [0.5, 0.6) is 0 Å². The second-order valence-corrected chi connectivity index (χ2v) is 4.89. The van der Waals surface area contributed by atoms with E-state index in [1.54, 1.807) is 23.5 Å². The zero-order chi connectivity index (χ0) is 11.7. The quantitative estimate of drug-likeness (QED) is 0.889. The molecule has 2 aromatic rings. The van der Waals surface area contributed by atoms with E-state index in [1.165, 1.54) is 0 Å². The Morgan fingerprint density at radius 1 is 1.44 bits per heavy atom. The molecule has 1 aromatic heterocycles. The molecule has 0 bridgehead atoms. The molecule has 0 radical (unpaired) electrons. The molecule has 0 fully saturated rings. The molecule has 0 unspecified atom stereocenters. The maximum Gasteiger partial charge on any atom is 0.336 e. The zero-order valence-corrected chi connectivity index (χ0v) is 10.0. The molecule has 0 saturated heterocycles. The average Bonchev–Trinajstić information content (AvgIpc) is 2.60. The molecular formula is C12H13NO2S. The highest BCUT2D eigenvalue weighted by Crippen LogP contribution is 2.29. The van der Waals surface area contributed by atoms with Gasteiger partial charge in [-0.3, -0.25) is 0 Å². The first-order chi connectivity index (χ1) is 7.59. The van der Waals surface area contributed by atoms with E-state index in [0.29, 0.717) is 5.56 Å². The summed E-state index contributed by atoms with van der Waals surface area (Å²) in [6, 6.07) is 5.42. The molecule has 84 valence electrons. The number of fused-ring (bicyclic) bond motifs is 1. The molecule has 0 spiro atoms. The highest BCUT2D eigenvalue weighted by molar-refractivity contribution is 7.17. The molecule has 1 heterocycles. The van der Waals surface area contributed by atoms with Gasteiger partial charge in [0.2, 0.25) is 0 Å². The summed E-state index contributed by atoms with van der Waals surface area (Å²) in [4.78, 5) is 13.2. The minimum absolute atomic E-state index is 0.399. The third-order valence-electron chi connectivity index (χ3n) is 2.39. The molecule has 0 aliphatic rings. The van der Waals surface area contributed by atoms with E-state index in [-0.39, 0.29) is 0 Å². The van der Waals surface area contributed by atoms with Crippen molar-refractivity contribution in [1.82, 2.24) is 4.90 Å². The highest BCUT2D eigenvalue weighted by atomic mass is 32.1. The molecule has 0 atom stereocenters. The van der Waals surface area contributed by atoms with Crippen molar-refractivity contribution in [3.8, 4) is 0 Å². The van der Waals surface area contributed by atoms with Crippen molar-refractivity contribution >= 4 is 27.4 Å². The molecule has 16 heavy (non-hydrogen) atoms. The third-order valence-corrected chi connectivity index (χ3v) is 3.39. The minimum atomic E-state index is -0.857. The second kappa shape index (κ2) is 4.23. The first kappa shape index (κ1) is 11.1. The molecule has 2 rings (SSSR count). The topological polar surface area (TPSA) is 40.5 Å². The molecule has 4 heteroatoms. The second-order valence-electron chi connectivity index (χ2n) is 3.98. The lowest BCUT2D eigenvalue weighted by molar-refractivity contribution is 0.0699. The summed E-state index contributed by atoms with van der Waals surface area (Å²) in [5.41, 5.74) is 1.48. The van der Waals surface area contributed by atoms with Crippen molar-refractivity contribution in [2.75, 3.05) is 14.1 Å². The summed E-state index contributed by atoms with van der Waals surface area (Å²) >= 11 is 1.60. The van der Waals surface area contributed by atoms with Crippen LogP contribution in [0.25, 0.3) is 10.1 Å². The van der Waals surface area contributed by atoms with Gasteiger partial charge in [-0.05, 0) is 37.2 Å². The Morgan fingerprint density at radius 2 is 2.19 bits per heavy atom. The fourth-order valence-corrected chi connectivity index (χ4v) is 2.77. The maximum absolute atomic E-state index is 11.1. The van der Waals surface area contributed by atoms with Gasteiger partial charge in [0.25, 0.3) is 0 Å². The summed E-state index contributed by atoms with van der Waals surface area (Å²) in [7, 11) is 3.96. The fourth-order valence-electron chi connectivity index (χ4n) is 1.79. The Morgan fingerprint density at radius 3 is 2.81 bits per heavy atom. The van der Waals surface area contributed by atoms with E-state index in [9.17, 15) is 4.79 Å². The van der Waals surface area contributed by atoms with Crippen molar-refractivity contribution < 1.29 is 9.90 Å². The van der Waals surface area contributed by atoms with E-state index in [2.05, 4.69) is 0 Å². The molecule has 1 aromatic carbocycles. The number of benzene rings is 1. The molecule has 3 nitrogen and oxygen atoms in total. The van der Waals surface area contributed by atoms with Crippen LogP contribution in [-0.4, -0.2) is 30.1 Å². The van der Waals surface area contributed by atoms with E-state index >= 15 is 0 Å². The van der Waals surface area contributed by atoms with Gasteiger partial charge >= 0.3 is 5.97 Å². The van der Waals surface area contributed by atoms with Crippen LogP contribution in [0.15, 0.2) is 23.6 Å². The zero-order valence-electron chi connectivity index (χ0n) is 9.23. The minimum Gasteiger partial charge on any atom is -0.478 e. The van der Waals surface area contributed by atoms with Crippen molar-refractivity contribution in [2.45, 2.75) is 6.54 Å². The summed E-state index contributed by atoms with van der Waals surface area (Å²) in [6.07, 6.45) is 0. The lowest BCUT2D eigenvalue weighted by Gasteiger charge is -2.09. The largest absolute Gasteiger partial charge is 0.478 e. The molecular weight excluding hydrogens is 222 g/mol. The molecule has 0 aliphatic heterocycles. The number of thiophene rings is 1. The summed E-state index contributed by atoms with van der Waals surface area (Å²) in [6.45, 7) is 0.768. The van der Waals surface area contributed by atoms with Gasteiger partial charge in [0.1, 0.15) is 0 Å². The fraction of sp³-hybridized carbons (Fsp3) is 0.250. The molecule has 0 amide bonds. The van der Waals surface area contributed by atoms with Crippen LogP contribution in [0.2, 0.25) is 0 Å². The van der Waals surface area contributed by atoms with Crippen molar-refractivity contribution in [3.63, 3.8) is 0 Å². The van der Waals surface area contributed by atoms with Crippen LogP contribution < -0.4 is 0 Å². The molecule has 0 aliphatic carbocycles. The van der Waals surface area contributed by atoms with Gasteiger partial charge in [0, 0.05) is 16.6 Å².